The molecule has 6 heteroatoms. The maximum atomic E-state index is 12.6. The lowest BCUT2D eigenvalue weighted by Gasteiger charge is -2.43. The highest BCUT2D eigenvalue weighted by atomic mass is 32.2. The summed E-state index contributed by atoms with van der Waals surface area (Å²) < 4.78 is 37.6. The van der Waals surface area contributed by atoms with Crippen LogP contribution in [0.5, 0.6) is 0 Å². The van der Waals surface area contributed by atoms with E-state index in [1.54, 1.807) is 24.3 Å². The molecular formula is C36H50O4SSi. The summed E-state index contributed by atoms with van der Waals surface area (Å²) in [5.41, 5.74) is 2.27. The van der Waals surface area contributed by atoms with E-state index in [-0.39, 0.29) is 22.5 Å². The Morgan fingerprint density at radius 3 is 1.83 bits per heavy atom. The third-order valence-corrected chi connectivity index (χ3v) is 14.1. The number of hydrogen-bond acceptors (Lipinski definition) is 4. The first-order chi connectivity index (χ1) is 19.7. The van der Waals surface area contributed by atoms with Crippen LogP contribution in [0, 0.1) is 24.7 Å². The second-order valence-electron chi connectivity index (χ2n) is 13.2. The second-order valence-corrected chi connectivity index (χ2v) is 19.1. The number of rotatable bonds is 14. The van der Waals surface area contributed by atoms with Gasteiger partial charge in [0.1, 0.15) is 0 Å². The zero-order chi connectivity index (χ0) is 31.0. The first kappa shape index (κ1) is 34.0. The fourth-order valence-electron chi connectivity index (χ4n) is 5.99. The molecule has 0 unspecified atom stereocenters. The molecule has 0 bridgehead atoms. The van der Waals surface area contributed by atoms with Gasteiger partial charge in [0.15, 0.2) is 0 Å². The van der Waals surface area contributed by atoms with E-state index in [9.17, 15) is 8.42 Å². The predicted octanol–water partition coefficient (Wildman–Crippen LogP) is 7.91. The van der Waals surface area contributed by atoms with Crippen molar-refractivity contribution in [1.82, 2.24) is 0 Å². The zero-order valence-electron chi connectivity index (χ0n) is 26.8. The fourth-order valence-corrected chi connectivity index (χ4v) is 11.7. The molecule has 228 valence electrons. The Balaban J connectivity index is 1.61. The fraction of sp³-hybridized carbons (Fsp3) is 0.444. The molecule has 0 amide bonds. The summed E-state index contributed by atoms with van der Waals surface area (Å²) in [5, 5.41) is 2.58. The van der Waals surface area contributed by atoms with Gasteiger partial charge in [-0.3, -0.25) is 4.18 Å². The molecule has 0 radical (unpaired) electrons. The van der Waals surface area contributed by atoms with Gasteiger partial charge < -0.3 is 4.43 Å². The van der Waals surface area contributed by atoms with Gasteiger partial charge in [0.25, 0.3) is 18.4 Å². The first-order valence-corrected chi connectivity index (χ1v) is 18.4. The van der Waals surface area contributed by atoms with Crippen LogP contribution in [-0.4, -0.2) is 29.9 Å². The van der Waals surface area contributed by atoms with Crippen molar-refractivity contribution in [1.29, 1.82) is 0 Å². The molecule has 3 atom stereocenters. The molecule has 0 aromatic heterocycles. The van der Waals surface area contributed by atoms with E-state index in [0.717, 1.165) is 18.4 Å². The van der Waals surface area contributed by atoms with Crippen molar-refractivity contribution < 1.29 is 17.0 Å². The van der Waals surface area contributed by atoms with Gasteiger partial charge in [-0.25, -0.2) is 0 Å². The van der Waals surface area contributed by atoms with E-state index in [0.29, 0.717) is 18.4 Å². The monoisotopic (exact) mass is 606 g/mol. The van der Waals surface area contributed by atoms with Crippen molar-refractivity contribution >= 4 is 28.8 Å². The van der Waals surface area contributed by atoms with Gasteiger partial charge in [0.05, 0.1) is 11.5 Å². The summed E-state index contributed by atoms with van der Waals surface area (Å²) >= 11 is 0. The van der Waals surface area contributed by atoms with Crippen LogP contribution < -0.4 is 10.4 Å². The number of benzene rings is 3. The largest absolute Gasteiger partial charge is 0.407 e. The van der Waals surface area contributed by atoms with Crippen LogP contribution in [0.3, 0.4) is 0 Å². The highest BCUT2D eigenvalue weighted by molar-refractivity contribution is 7.86. The molecule has 3 aromatic carbocycles. The summed E-state index contributed by atoms with van der Waals surface area (Å²) in [6.07, 6.45) is 4.15. The molecule has 42 heavy (non-hydrogen) atoms. The van der Waals surface area contributed by atoms with E-state index in [1.807, 2.05) is 13.8 Å². The third-order valence-electron chi connectivity index (χ3n) is 7.84. The van der Waals surface area contributed by atoms with Gasteiger partial charge in [0, 0.05) is 6.61 Å². The van der Waals surface area contributed by atoms with Crippen molar-refractivity contribution in [3.8, 4) is 0 Å². The van der Waals surface area contributed by atoms with Crippen LogP contribution in [0.1, 0.15) is 66.9 Å². The molecule has 0 N–H and O–H groups in total. The Morgan fingerprint density at radius 1 is 0.810 bits per heavy atom. The molecule has 0 fully saturated rings. The molecule has 0 aliphatic carbocycles. The summed E-state index contributed by atoms with van der Waals surface area (Å²) in [4.78, 5) is 0.198. The Kier molecular flexibility index (Phi) is 12.0. The lowest BCUT2D eigenvalue weighted by Crippen LogP contribution is -2.66. The van der Waals surface area contributed by atoms with Crippen molar-refractivity contribution in [3.05, 3.63) is 102 Å². The van der Waals surface area contributed by atoms with Gasteiger partial charge in [-0.15, -0.1) is 0 Å². The van der Waals surface area contributed by atoms with Gasteiger partial charge in [-0.2, -0.15) is 8.42 Å². The first-order valence-electron chi connectivity index (χ1n) is 15.1. The minimum Gasteiger partial charge on any atom is -0.407 e. The standard InChI is InChI=1S/C36H50O4SSi/c1-28-19-21-33(22-20-28)41(37,38)39-26-31(4)24-29(2)23-30(3)25-32(5)27-40-42(36(6,7)8,34-15-11-9-12-16-34)35-17-13-10-14-18-35/h9-22,24,30-32H,23,25-27H2,1-8H3/b29-24+/t30-,31+,32-/m1/s1. The summed E-state index contributed by atoms with van der Waals surface area (Å²) in [6.45, 7) is 18.4. The van der Waals surface area contributed by atoms with Crippen molar-refractivity contribution in [2.75, 3.05) is 13.2 Å². The van der Waals surface area contributed by atoms with Gasteiger partial charge >= 0.3 is 0 Å². The summed E-state index contributed by atoms with van der Waals surface area (Å²) in [6, 6.07) is 28.4. The van der Waals surface area contributed by atoms with Crippen LogP contribution in [0.15, 0.2) is 101 Å². The number of allylic oxidation sites excluding steroid dienone is 1. The molecule has 0 spiro atoms. The maximum absolute atomic E-state index is 12.6. The van der Waals surface area contributed by atoms with Gasteiger partial charge in [-0.1, -0.05) is 132 Å². The Bertz CT molecular complexity index is 1340. The molecule has 0 aliphatic rings. The molecule has 0 heterocycles. The minimum absolute atomic E-state index is 0.00618. The van der Waals surface area contributed by atoms with Crippen LogP contribution in [0.4, 0.5) is 0 Å². The molecule has 0 saturated carbocycles. The molecular weight excluding hydrogens is 557 g/mol. The minimum atomic E-state index is -3.76. The van der Waals surface area contributed by atoms with Crippen LogP contribution in [0.25, 0.3) is 0 Å². The second kappa shape index (κ2) is 14.8. The highest BCUT2D eigenvalue weighted by Crippen LogP contribution is 2.37. The summed E-state index contributed by atoms with van der Waals surface area (Å²) in [5.74, 6) is 0.867. The highest BCUT2D eigenvalue weighted by Gasteiger charge is 2.50. The summed E-state index contributed by atoms with van der Waals surface area (Å²) in [7, 11) is -6.30. The van der Waals surface area contributed by atoms with Crippen molar-refractivity contribution in [3.63, 3.8) is 0 Å². The number of aryl methyl sites for hydroxylation is 1. The Labute approximate surface area is 256 Å². The molecule has 0 aliphatic heterocycles. The molecule has 3 aromatic rings. The Morgan fingerprint density at radius 2 is 1.33 bits per heavy atom. The van der Waals surface area contributed by atoms with E-state index < -0.39 is 18.4 Å². The van der Waals surface area contributed by atoms with Crippen LogP contribution >= 0.6 is 0 Å². The lowest BCUT2D eigenvalue weighted by molar-refractivity contribution is 0.223. The molecule has 4 nitrogen and oxygen atoms in total. The third kappa shape index (κ3) is 8.99. The average Bonchev–Trinajstić information content (AvgIpc) is 2.93. The van der Waals surface area contributed by atoms with E-state index in [1.165, 1.54) is 15.9 Å². The topological polar surface area (TPSA) is 52.6 Å². The van der Waals surface area contributed by atoms with Gasteiger partial charge in [0.2, 0.25) is 0 Å². The maximum Gasteiger partial charge on any atom is 0.296 e. The Hall–Kier alpha value is -2.51. The smallest absolute Gasteiger partial charge is 0.296 e. The predicted molar refractivity (Wildman–Crippen MR) is 178 cm³/mol. The van der Waals surface area contributed by atoms with E-state index in [4.69, 9.17) is 8.61 Å². The zero-order valence-corrected chi connectivity index (χ0v) is 28.6. The van der Waals surface area contributed by atoms with Crippen LogP contribution in [0.2, 0.25) is 5.04 Å². The van der Waals surface area contributed by atoms with Crippen molar-refractivity contribution in [2.24, 2.45) is 17.8 Å². The van der Waals surface area contributed by atoms with Gasteiger partial charge in [-0.05, 0) is 72.0 Å². The van der Waals surface area contributed by atoms with E-state index >= 15 is 0 Å². The molecule has 3 rings (SSSR count). The normalized spacial score (nSPS) is 15.3. The average molecular weight is 607 g/mol. The quantitative estimate of drug-likeness (QED) is 0.106. The van der Waals surface area contributed by atoms with Crippen LogP contribution in [-0.2, 0) is 18.7 Å². The SMILES string of the molecule is C/C(=C\[C@H](C)COS(=O)(=O)c1ccc(C)cc1)C[C@@H](C)C[C@@H](C)CO[Si](c1ccccc1)(c1ccccc1)C(C)(C)C. The number of hydrogen-bond donors (Lipinski definition) is 0. The lowest BCUT2D eigenvalue weighted by atomic mass is 9.91. The van der Waals surface area contributed by atoms with Crippen molar-refractivity contribution in [2.45, 2.75) is 78.2 Å². The van der Waals surface area contributed by atoms with E-state index in [2.05, 4.69) is 108 Å². The molecule has 0 saturated heterocycles.